The van der Waals surface area contributed by atoms with E-state index in [-0.39, 0.29) is 18.1 Å². The number of ether oxygens (including phenoxy) is 1. The highest BCUT2D eigenvalue weighted by atomic mass is 16.5. The number of hydrogen-bond donors (Lipinski definition) is 2. The van der Waals surface area contributed by atoms with Crippen LogP contribution in [0.1, 0.15) is 26.7 Å². The number of nitrogens with zero attached hydrogens (tertiary/aromatic N) is 1. The highest BCUT2D eigenvalue weighted by Crippen LogP contribution is 2.15. The molecule has 5 heteroatoms. The summed E-state index contributed by atoms with van der Waals surface area (Å²) >= 11 is 0. The van der Waals surface area contributed by atoms with Crippen LogP contribution in [0.3, 0.4) is 0 Å². The van der Waals surface area contributed by atoms with Crippen LogP contribution in [0, 0.1) is 0 Å². The number of carbonyl (C=O) groups excluding carboxylic acids is 1. The number of primary amides is 1. The van der Waals surface area contributed by atoms with E-state index in [9.17, 15) is 4.79 Å². The second-order valence-corrected chi connectivity index (χ2v) is 4.41. The summed E-state index contributed by atoms with van der Waals surface area (Å²) < 4.78 is 5.51. The first kappa shape index (κ1) is 14.4. The third-order valence-corrected chi connectivity index (χ3v) is 3.33. The second-order valence-electron chi connectivity index (χ2n) is 4.41. The number of carbonyl (C=O) groups is 1. The van der Waals surface area contributed by atoms with E-state index in [1.807, 2.05) is 0 Å². The maximum atomic E-state index is 11.4. The predicted octanol–water partition coefficient (Wildman–Crippen LogP) is -0.0493. The lowest BCUT2D eigenvalue weighted by Gasteiger charge is -2.23. The molecule has 1 heterocycles. The molecule has 0 radical (unpaired) electrons. The van der Waals surface area contributed by atoms with Gasteiger partial charge in [-0.1, -0.05) is 13.8 Å². The monoisotopic (exact) mass is 243 g/mol. The topological polar surface area (TPSA) is 67.6 Å². The first-order valence-electron chi connectivity index (χ1n) is 6.55. The molecule has 1 aliphatic rings. The highest BCUT2D eigenvalue weighted by Gasteiger charge is 2.29. The Labute approximate surface area is 104 Å². The van der Waals surface area contributed by atoms with Crippen molar-refractivity contribution < 1.29 is 9.53 Å². The molecule has 0 aromatic carbocycles. The molecular formula is C12H25N3O2. The van der Waals surface area contributed by atoms with Crippen molar-refractivity contribution in [3.8, 4) is 0 Å². The molecule has 0 bridgehead atoms. The summed E-state index contributed by atoms with van der Waals surface area (Å²) in [6.07, 6.45) is 1.90. The molecular weight excluding hydrogens is 218 g/mol. The van der Waals surface area contributed by atoms with Crippen molar-refractivity contribution in [1.82, 2.24) is 10.2 Å². The Balaban J connectivity index is 2.31. The first-order chi connectivity index (χ1) is 8.19. The molecule has 1 saturated heterocycles. The van der Waals surface area contributed by atoms with Gasteiger partial charge >= 0.3 is 0 Å². The van der Waals surface area contributed by atoms with Crippen molar-refractivity contribution in [3.63, 3.8) is 0 Å². The number of nitrogens with two attached hydrogens (primary N) is 1. The fraction of sp³-hybridized carbons (Fsp3) is 0.917. The fourth-order valence-electron chi connectivity index (χ4n) is 2.20. The molecule has 1 fully saturated rings. The van der Waals surface area contributed by atoms with Crippen LogP contribution in [0.5, 0.6) is 0 Å². The maximum Gasteiger partial charge on any atom is 0.237 e. The van der Waals surface area contributed by atoms with Crippen molar-refractivity contribution in [2.24, 2.45) is 5.73 Å². The van der Waals surface area contributed by atoms with Gasteiger partial charge in [0.2, 0.25) is 5.91 Å². The third kappa shape index (κ3) is 4.61. The molecule has 5 nitrogen and oxygen atoms in total. The van der Waals surface area contributed by atoms with Crippen LogP contribution in [0.15, 0.2) is 0 Å². The lowest BCUT2D eigenvalue weighted by molar-refractivity contribution is -0.123. The van der Waals surface area contributed by atoms with Crippen LogP contribution in [0.25, 0.3) is 0 Å². The molecule has 0 aromatic rings. The van der Waals surface area contributed by atoms with E-state index in [2.05, 4.69) is 24.1 Å². The molecule has 3 N–H and O–H groups in total. The molecule has 100 valence electrons. The second kappa shape index (κ2) is 7.63. The van der Waals surface area contributed by atoms with Gasteiger partial charge in [-0.25, -0.2) is 0 Å². The fourth-order valence-corrected chi connectivity index (χ4v) is 2.20. The van der Waals surface area contributed by atoms with E-state index in [0.29, 0.717) is 0 Å². The van der Waals surface area contributed by atoms with Crippen molar-refractivity contribution in [3.05, 3.63) is 0 Å². The number of nitrogens with one attached hydrogen (secondary N) is 1. The largest absolute Gasteiger partial charge is 0.376 e. The van der Waals surface area contributed by atoms with E-state index >= 15 is 0 Å². The van der Waals surface area contributed by atoms with Gasteiger partial charge in [0, 0.05) is 19.7 Å². The van der Waals surface area contributed by atoms with Crippen LogP contribution in [0.4, 0.5) is 0 Å². The summed E-state index contributed by atoms with van der Waals surface area (Å²) in [5, 5.41) is 3.22. The number of likely N-dealkylation sites (N-methyl/N-ethyl adjacent to an activating group) is 1. The number of rotatable bonds is 8. The predicted molar refractivity (Wildman–Crippen MR) is 67.7 cm³/mol. The van der Waals surface area contributed by atoms with Crippen LogP contribution in [0.2, 0.25) is 0 Å². The minimum Gasteiger partial charge on any atom is -0.376 e. The van der Waals surface area contributed by atoms with Gasteiger partial charge in [-0.2, -0.15) is 0 Å². The molecule has 1 amide bonds. The van der Waals surface area contributed by atoms with Crippen LogP contribution < -0.4 is 11.1 Å². The van der Waals surface area contributed by atoms with Crippen molar-refractivity contribution in [2.75, 3.05) is 32.8 Å². The average Bonchev–Trinajstić information content (AvgIpc) is 2.82. The van der Waals surface area contributed by atoms with Gasteiger partial charge in [0.05, 0.1) is 6.10 Å². The van der Waals surface area contributed by atoms with Crippen LogP contribution in [-0.4, -0.2) is 55.7 Å². The van der Waals surface area contributed by atoms with Gasteiger partial charge in [-0.3, -0.25) is 4.79 Å². The Morgan fingerprint density at radius 3 is 2.71 bits per heavy atom. The van der Waals surface area contributed by atoms with E-state index < -0.39 is 0 Å². The van der Waals surface area contributed by atoms with Gasteiger partial charge in [0.15, 0.2) is 0 Å². The Morgan fingerprint density at radius 2 is 2.24 bits per heavy atom. The zero-order valence-corrected chi connectivity index (χ0v) is 10.9. The minimum absolute atomic E-state index is 0.0378. The summed E-state index contributed by atoms with van der Waals surface area (Å²) in [6.45, 7) is 8.77. The van der Waals surface area contributed by atoms with Crippen molar-refractivity contribution in [1.29, 1.82) is 0 Å². The summed E-state index contributed by atoms with van der Waals surface area (Å²) in [7, 11) is 0. The van der Waals surface area contributed by atoms with Crippen molar-refractivity contribution in [2.45, 2.75) is 38.8 Å². The lowest BCUT2D eigenvalue weighted by Crippen LogP contribution is -2.51. The summed E-state index contributed by atoms with van der Waals surface area (Å²) in [4.78, 5) is 13.7. The first-order valence-corrected chi connectivity index (χ1v) is 6.55. The minimum atomic E-state index is -0.340. The summed E-state index contributed by atoms with van der Waals surface area (Å²) in [6, 6.07) is -0.340. The summed E-state index contributed by atoms with van der Waals surface area (Å²) in [5.41, 5.74) is 5.40. The van der Waals surface area contributed by atoms with E-state index in [4.69, 9.17) is 10.5 Å². The van der Waals surface area contributed by atoms with Crippen molar-refractivity contribution >= 4 is 5.91 Å². The quantitative estimate of drug-likeness (QED) is 0.627. The van der Waals surface area contributed by atoms with Crippen LogP contribution in [-0.2, 0) is 9.53 Å². The van der Waals surface area contributed by atoms with Gasteiger partial charge in [-0.05, 0) is 25.9 Å². The number of hydrogen-bond acceptors (Lipinski definition) is 4. The van der Waals surface area contributed by atoms with Gasteiger partial charge in [0.1, 0.15) is 6.04 Å². The Morgan fingerprint density at radius 1 is 1.53 bits per heavy atom. The third-order valence-electron chi connectivity index (χ3n) is 3.33. The molecule has 0 aliphatic carbocycles. The lowest BCUT2D eigenvalue weighted by atomic mass is 10.1. The Bertz CT molecular complexity index is 226. The standard InChI is InChI=1S/C12H25N3O2/c1-3-15(4-2)8-7-14-11(12(13)16)10-6-5-9-17-10/h10-11,14H,3-9H2,1-2H3,(H2,13,16). The van der Waals surface area contributed by atoms with Gasteiger partial charge in [0.25, 0.3) is 0 Å². The normalized spacial score (nSPS) is 21.9. The van der Waals surface area contributed by atoms with Gasteiger partial charge in [-0.15, -0.1) is 0 Å². The average molecular weight is 243 g/mol. The van der Waals surface area contributed by atoms with E-state index in [0.717, 1.165) is 45.6 Å². The van der Waals surface area contributed by atoms with E-state index in [1.54, 1.807) is 0 Å². The zero-order chi connectivity index (χ0) is 12.7. The van der Waals surface area contributed by atoms with E-state index in [1.165, 1.54) is 0 Å². The Kier molecular flexibility index (Phi) is 6.47. The zero-order valence-electron chi connectivity index (χ0n) is 10.9. The Hall–Kier alpha value is -0.650. The molecule has 0 saturated carbocycles. The number of amides is 1. The smallest absolute Gasteiger partial charge is 0.237 e. The van der Waals surface area contributed by atoms with Crippen LogP contribution >= 0.6 is 0 Å². The summed E-state index contributed by atoms with van der Waals surface area (Å²) in [5.74, 6) is -0.309. The molecule has 2 atom stereocenters. The molecule has 2 unspecified atom stereocenters. The highest BCUT2D eigenvalue weighted by molar-refractivity contribution is 5.80. The molecule has 1 aliphatic heterocycles. The molecule has 0 aromatic heterocycles. The van der Waals surface area contributed by atoms with Gasteiger partial charge < -0.3 is 20.7 Å². The maximum absolute atomic E-state index is 11.4. The molecule has 17 heavy (non-hydrogen) atoms. The molecule has 1 rings (SSSR count). The molecule has 0 spiro atoms. The SMILES string of the molecule is CCN(CC)CCNC(C(N)=O)C1CCCO1.